The third-order valence-electron chi connectivity index (χ3n) is 4.17. The second-order valence-electron chi connectivity index (χ2n) is 4.92. The Morgan fingerprint density at radius 2 is 2.22 bits per heavy atom. The van der Waals surface area contributed by atoms with E-state index in [2.05, 4.69) is 24.2 Å². The van der Waals surface area contributed by atoms with Gasteiger partial charge in [0, 0.05) is 5.41 Å². The molecule has 98 valence electrons. The van der Waals surface area contributed by atoms with E-state index >= 15 is 0 Å². The molecule has 1 fully saturated rings. The van der Waals surface area contributed by atoms with Gasteiger partial charge in [-0.25, -0.2) is 0 Å². The Kier molecular flexibility index (Phi) is 3.90. The summed E-state index contributed by atoms with van der Waals surface area (Å²) in [5.41, 5.74) is 2.02. The second-order valence-corrected chi connectivity index (χ2v) is 4.92. The first-order valence-corrected chi connectivity index (χ1v) is 6.63. The van der Waals surface area contributed by atoms with Gasteiger partial charge in [-0.2, -0.15) is 0 Å². The van der Waals surface area contributed by atoms with Crippen molar-refractivity contribution in [1.29, 1.82) is 0 Å². The molecule has 0 heterocycles. The van der Waals surface area contributed by atoms with E-state index in [0.29, 0.717) is 0 Å². The maximum atomic E-state index is 9.30. The summed E-state index contributed by atoms with van der Waals surface area (Å²) in [7, 11) is 1.68. The van der Waals surface area contributed by atoms with Crippen LogP contribution in [0.25, 0.3) is 0 Å². The minimum Gasteiger partial charge on any atom is -0.497 e. The van der Waals surface area contributed by atoms with Gasteiger partial charge in [0.15, 0.2) is 0 Å². The van der Waals surface area contributed by atoms with Crippen molar-refractivity contribution in [3.63, 3.8) is 0 Å². The lowest BCUT2D eigenvalue weighted by atomic mass is 9.66. The fraction of sp³-hybridized carbons (Fsp3) is 0.533. The van der Waals surface area contributed by atoms with Gasteiger partial charge < -0.3 is 9.94 Å². The molecule has 1 saturated carbocycles. The Bertz CT molecular complexity index is 442. The lowest BCUT2D eigenvalue weighted by Crippen LogP contribution is -2.38. The highest BCUT2D eigenvalue weighted by Gasteiger charge is 2.38. The van der Waals surface area contributed by atoms with E-state index < -0.39 is 0 Å². The number of methoxy groups -OCH3 is 1. The zero-order chi connectivity index (χ0) is 13.0. The number of rotatable bonds is 3. The molecule has 0 unspecified atom stereocenters. The van der Waals surface area contributed by atoms with Gasteiger partial charge in [-0.05, 0) is 43.4 Å². The predicted octanol–water partition coefficient (Wildman–Crippen LogP) is 3.75. The highest BCUT2D eigenvalue weighted by Crippen LogP contribution is 2.41. The van der Waals surface area contributed by atoms with Crippen LogP contribution in [0.2, 0.25) is 0 Å². The minimum atomic E-state index is -0.110. The first-order chi connectivity index (χ1) is 8.76. The van der Waals surface area contributed by atoms with Crippen LogP contribution in [0.15, 0.2) is 29.4 Å². The van der Waals surface area contributed by atoms with E-state index in [1.165, 1.54) is 12.0 Å². The van der Waals surface area contributed by atoms with Gasteiger partial charge in [0.25, 0.3) is 0 Å². The largest absolute Gasteiger partial charge is 0.497 e. The number of hydrogen-bond acceptors (Lipinski definition) is 3. The van der Waals surface area contributed by atoms with Crippen LogP contribution in [0.1, 0.15) is 44.6 Å². The summed E-state index contributed by atoms with van der Waals surface area (Å²) in [6.45, 7) is 2.16. The Hall–Kier alpha value is -1.51. The van der Waals surface area contributed by atoms with Gasteiger partial charge in [-0.1, -0.05) is 30.6 Å². The standard InChI is InChI=1S/C15H21NO2/c1-3-15(10-5-4-9-14(15)16-17)12-7-6-8-13(11-12)18-2/h6-8,11,17H,3-5,9-10H2,1-2H3/b16-14+/t15-/m0/s1. The average molecular weight is 247 g/mol. The zero-order valence-electron chi connectivity index (χ0n) is 11.1. The van der Waals surface area contributed by atoms with E-state index in [-0.39, 0.29) is 5.41 Å². The Morgan fingerprint density at radius 3 is 2.89 bits per heavy atom. The Balaban J connectivity index is 2.47. The predicted molar refractivity (Wildman–Crippen MR) is 72.7 cm³/mol. The molecule has 1 aromatic rings. The van der Waals surface area contributed by atoms with Gasteiger partial charge in [0.1, 0.15) is 5.75 Å². The molecule has 1 aliphatic rings. The number of nitrogens with zero attached hydrogens (tertiary/aromatic N) is 1. The van der Waals surface area contributed by atoms with Crippen molar-refractivity contribution >= 4 is 5.71 Å². The van der Waals surface area contributed by atoms with Crippen molar-refractivity contribution in [2.45, 2.75) is 44.4 Å². The van der Waals surface area contributed by atoms with Crippen molar-refractivity contribution < 1.29 is 9.94 Å². The minimum absolute atomic E-state index is 0.110. The molecular weight excluding hydrogens is 226 g/mol. The molecule has 0 amide bonds. The number of hydrogen-bond donors (Lipinski definition) is 1. The summed E-state index contributed by atoms with van der Waals surface area (Å²) in [6, 6.07) is 8.14. The fourth-order valence-electron chi connectivity index (χ4n) is 3.07. The van der Waals surface area contributed by atoms with Gasteiger partial charge in [-0.15, -0.1) is 0 Å². The smallest absolute Gasteiger partial charge is 0.119 e. The molecule has 1 aromatic carbocycles. The van der Waals surface area contributed by atoms with Crippen molar-refractivity contribution in [3.8, 4) is 5.75 Å². The van der Waals surface area contributed by atoms with Crippen LogP contribution in [-0.4, -0.2) is 18.0 Å². The molecule has 2 rings (SSSR count). The number of ether oxygens (including phenoxy) is 1. The first-order valence-electron chi connectivity index (χ1n) is 6.63. The van der Waals surface area contributed by atoms with Crippen LogP contribution in [0.4, 0.5) is 0 Å². The van der Waals surface area contributed by atoms with Crippen LogP contribution in [0.5, 0.6) is 5.75 Å². The van der Waals surface area contributed by atoms with Crippen molar-refractivity contribution in [1.82, 2.24) is 0 Å². The topological polar surface area (TPSA) is 41.8 Å². The summed E-state index contributed by atoms with van der Waals surface area (Å²) >= 11 is 0. The fourth-order valence-corrected chi connectivity index (χ4v) is 3.07. The first kappa shape index (κ1) is 12.9. The van der Waals surface area contributed by atoms with Crippen LogP contribution in [0, 0.1) is 0 Å². The summed E-state index contributed by atoms with van der Waals surface area (Å²) in [6.07, 6.45) is 5.20. The molecule has 0 bridgehead atoms. The molecule has 3 nitrogen and oxygen atoms in total. The molecule has 0 spiro atoms. The molecule has 0 radical (unpaired) electrons. The lowest BCUT2D eigenvalue weighted by molar-refractivity contribution is 0.302. The van der Waals surface area contributed by atoms with E-state index in [9.17, 15) is 5.21 Å². The van der Waals surface area contributed by atoms with E-state index in [0.717, 1.165) is 37.1 Å². The highest BCUT2D eigenvalue weighted by molar-refractivity contribution is 5.95. The summed E-state index contributed by atoms with van der Waals surface area (Å²) in [5, 5.41) is 12.9. The van der Waals surface area contributed by atoms with Crippen molar-refractivity contribution in [3.05, 3.63) is 29.8 Å². The molecule has 1 atom stereocenters. The van der Waals surface area contributed by atoms with Gasteiger partial charge >= 0.3 is 0 Å². The Morgan fingerprint density at radius 1 is 1.39 bits per heavy atom. The van der Waals surface area contributed by atoms with E-state index in [4.69, 9.17) is 4.74 Å². The van der Waals surface area contributed by atoms with Crippen molar-refractivity contribution in [2.24, 2.45) is 5.16 Å². The second kappa shape index (κ2) is 5.42. The molecule has 3 heteroatoms. The van der Waals surface area contributed by atoms with Crippen LogP contribution in [0.3, 0.4) is 0 Å². The number of oxime groups is 1. The summed E-state index contributed by atoms with van der Waals surface area (Å²) in [5.74, 6) is 0.864. The third-order valence-corrected chi connectivity index (χ3v) is 4.17. The van der Waals surface area contributed by atoms with Gasteiger partial charge in [0.05, 0.1) is 12.8 Å². The summed E-state index contributed by atoms with van der Waals surface area (Å²) < 4.78 is 5.30. The van der Waals surface area contributed by atoms with E-state index in [1.807, 2.05) is 12.1 Å². The third kappa shape index (κ3) is 2.09. The monoisotopic (exact) mass is 247 g/mol. The van der Waals surface area contributed by atoms with Gasteiger partial charge in [0.2, 0.25) is 0 Å². The van der Waals surface area contributed by atoms with Crippen LogP contribution < -0.4 is 4.74 Å². The molecule has 0 aromatic heterocycles. The zero-order valence-corrected chi connectivity index (χ0v) is 11.1. The maximum Gasteiger partial charge on any atom is 0.119 e. The molecule has 0 saturated heterocycles. The SMILES string of the molecule is CC[C@@]1(c2cccc(OC)c2)CCCC/C1=N\O. The highest BCUT2D eigenvalue weighted by atomic mass is 16.5. The van der Waals surface area contributed by atoms with Crippen molar-refractivity contribution in [2.75, 3.05) is 7.11 Å². The molecule has 1 N–H and O–H groups in total. The summed E-state index contributed by atoms with van der Waals surface area (Å²) in [4.78, 5) is 0. The van der Waals surface area contributed by atoms with Crippen LogP contribution >= 0.6 is 0 Å². The van der Waals surface area contributed by atoms with E-state index in [1.54, 1.807) is 7.11 Å². The Labute approximate surface area is 108 Å². The molecule has 18 heavy (non-hydrogen) atoms. The maximum absolute atomic E-state index is 9.30. The molecular formula is C15H21NO2. The van der Waals surface area contributed by atoms with Gasteiger partial charge in [-0.3, -0.25) is 0 Å². The molecule has 1 aliphatic carbocycles. The lowest BCUT2D eigenvalue weighted by Gasteiger charge is -2.37. The number of benzene rings is 1. The molecule has 0 aliphatic heterocycles. The normalized spacial score (nSPS) is 26.2. The van der Waals surface area contributed by atoms with Crippen LogP contribution in [-0.2, 0) is 5.41 Å². The quantitative estimate of drug-likeness (QED) is 0.653. The average Bonchev–Trinajstić information content (AvgIpc) is 2.47.